The number of aromatic amines is 1. The van der Waals surface area contributed by atoms with Crippen molar-refractivity contribution in [2.75, 3.05) is 0 Å². The Kier molecular flexibility index (Phi) is 2.59. The molecule has 0 radical (unpaired) electrons. The molecule has 1 aromatic carbocycles. The van der Waals surface area contributed by atoms with Crippen LogP contribution in [0.15, 0.2) is 35.5 Å². The molecule has 0 saturated carbocycles. The summed E-state index contributed by atoms with van der Waals surface area (Å²) in [6.07, 6.45) is 0. The van der Waals surface area contributed by atoms with Gasteiger partial charge in [0.15, 0.2) is 5.16 Å². The monoisotopic (exact) mass is 255 g/mol. The number of benzene rings is 1. The summed E-state index contributed by atoms with van der Waals surface area (Å²) in [6.45, 7) is 4.02. The number of fused-ring (bicyclic) bond motifs is 1. The lowest BCUT2D eigenvalue weighted by atomic mass is 10.0. The number of H-pyrrole nitrogens is 1. The van der Waals surface area contributed by atoms with Gasteiger partial charge in [0.1, 0.15) is 0 Å². The van der Waals surface area contributed by atoms with Crippen LogP contribution in [-0.2, 0) is 0 Å². The standard InChI is InChI=1S/C14H13N3S/c1-8-5-11(6-9(2)15-8)10-3-4-12-13(7-10)17-14(18)16-12/h3-7H,1-2H3,(H2,16,17,18). The number of thiol groups is 1. The number of hydrogen-bond acceptors (Lipinski definition) is 3. The number of hydrogen-bond donors (Lipinski definition) is 2. The van der Waals surface area contributed by atoms with Gasteiger partial charge in [0, 0.05) is 11.4 Å². The maximum Gasteiger partial charge on any atom is 0.163 e. The third-order valence-electron chi connectivity index (χ3n) is 2.89. The van der Waals surface area contributed by atoms with Crippen molar-refractivity contribution in [2.45, 2.75) is 19.0 Å². The van der Waals surface area contributed by atoms with Crippen molar-refractivity contribution >= 4 is 23.7 Å². The van der Waals surface area contributed by atoms with E-state index in [4.69, 9.17) is 0 Å². The van der Waals surface area contributed by atoms with Gasteiger partial charge in [-0.3, -0.25) is 4.98 Å². The van der Waals surface area contributed by atoms with Gasteiger partial charge in [0.05, 0.1) is 11.0 Å². The van der Waals surface area contributed by atoms with Crippen LogP contribution < -0.4 is 0 Å². The summed E-state index contributed by atoms with van der Waals surface area (Å²) in [5.74, 6) is 0. The zero-order valence-corrected chi connectivity index (χ0v) is 11.1. The number of rotatable bonds is 1. The molecule has 0 bridgehead atoms. The Morgan fingerprint density at radius 1 is 0.944 bits per heavy atom. The molecule has 0 aliphatic rings. The Labute approximate surface area is 111 Å². The van der Waals surface area contributed by atoms with E-state index in [-0.39, 0.29) is 0 Å². The molecule has 0 aliphatic heterocycles. The highest BCUT2D eigenvalue weighted by Gasteiger charge is 2.04. The van der Waals surface area contributed by atoms with Crippen LogP contribution in [-0.4, -0.2) is 15.0 Å². The van der Waals surface area contributed by atoms with E-state index in [1.807, 2.05) is 19.9 Å². The highest BCUT2D eigenvalue weighted by molar-refractivity contribution is 7.80. The van der Waals surface area contributed by atoms with Gasteiger partial charge >= 0.3 is 0 Å². The van der Waals surface area contributed by atoms with Gasteiger partial charge in [-0.15, -0.1) is 12.6 Å². The van der Waals surface area contributed by atoms with E-state index < -0.39 is 0 Å². The summed E-state index contributed by atoms with van der Waals surface area (Å²) >= 11 is 4.22. The van der Waals surface area contributed by atoms with Crippen molar-refractivity contribution < 1.29 is 0 Å². The second-order valence-electron chi connectivity index (χ2n) is 4.43. The second-order valence-corrected chi connectivity index (χ2v) is 4.85. The van der Waals surface area contributed by atoms with Crippen LogP contribution in [0.4, 0.5) is 0 Å². The summed E-state index contributed by atoms with van der Waals surface area (Å²) in [5.41, 5.74) is 6.32. The van der Waals surface area contributed by atoms with E-state index >= 15 is 0 Å². The van der Waals surface area contributed by atoms with Crippen LogP contribution in [0.5, 0.6) is 0 Å². The Morgan fingerprint density at radius 2 is 1.67 bits per heavy atom. The molecule has 1 N–H and O–H groups in total. The van der Waals surface area contributed by atoms with Gasteiger partial charge in [-0.25, -0.2) is 4.98 Å². The molecule has 4 heteroatoms. The van der Waals surface area contributed by atoms with Crippen molar-refractivity contribution in [1.29, 1.82) is 0 Å². The zero-order valence-electron chi connectivity index (χ0n) is 10.2. The first kappa shape index (κ1) is 11.3. The van der Waals surface area contributed by atoms with Crippen molar-refractivity contribution in [3.63, 3.8) is 0 Å². The van der Waals surface area contributed by atoms with Gasteiger partial charge < -0.3 is 4.98 Å². The third-order valence-corrected chi connectivity index (χ3v) is 3.10. The molecule has 0 amide bonds. The molecule has 0 unspecified atom stereocenters. The van der Waals surface area contributed by atoms with Crippen molar-refractivity contribution in [2.24, 2.45) is 0 Å². The highest BCUT2D eigenvalue weighted by Crippen LogP contribution is 2.24. The third kappa shape index (κ3) is 1.99. The van der Waals surface area contributed by atoms with Gasteiger partial charge in [-0.1, -0.05) is 6.07 Å². The molecule has 0 aliphatic carbocycles. The molecule has 18 heavy (non-hydrogen) atoms. The number of imidazole rings is 1. The number of nitrogens with zero attached hydrogens (tertiary/aromatic N) is 2. The Hall–Kier alpha value is -1.81. The molecule has 0 saturated heterocycles. The van der Waals surface area contributed by atoms with E-state index in [1.165, 1.54) is 5.56 Å². The van der Waals surface area contributed by atoms with E-state index in [1.54, 1.807) is 0 Å². The SMILES string of the molecule is Cc1cc(-c2ccc3[nH]c(S)nc3c2)cc(C)n1. The molecule has 0 fully saturated rings. The number of pyridine rings is 1. The summed E-state index contributed by atoms with van der Waals surface area (Å²) in [5, 5.41) is 0.643. The predicted molar refractivity (Wildman–Crippen MR) is 76.1 cm³/mol. The maximum atomic E-state index is 4.39. The highest BCUT2D eigenvalue weighted by atomic mass is 32.1. The molecule has 3 nitrogen and oxygen atoms in total. The first-order valence-corrected chi connectivity index (χ1v) is 6.21. The molecular weight excluding hydrogens is 242 g/mol. The van der Waals surface area contributed by atoms with E-state index in [9.17, 15) is 0 Å². The van der Waals surface area contributed by atoms with Crippen LogP contribution in [0, 0.1) is 13.8 Å². The van der Waals surface area contributed by atoms with Crippen LogP contribution >= 0.6 is 12.6 Å². The van der Waals surface area contributed by atoms with Gasteiger partial charge in [0.25, 0.3) is 0 Å². The number of aryl methyl sites for hydroxylation is 2. The van der Waals surface area contributed by atoms with Crippen LogP contribution in [0.2, 0.25) is 0 Å². The quantitative estimate of drug-likeness (QED) is 0.653. The summed E-state index contributed by atoms with van der Waals surface area (Å²) in [6, 6.07) is 10.4. The zero-order chi connectivity index (χ0) is 12.7. The molecule has 2 aromatic heterocycles. The number of aromatic nitrogens is 3. The lowest BCUT2D eigenvalue weighted by Gasteiger charge is -2.04. The molecule has 90 valence electrons. The Bertz CT molecular complexity index is 711. The molecule has 3 rings (SSSR count). The van der Waals surface area contributed by atoms with Crippen LogP contribution in [0.3, 0.4) is 0 Å². The van der Waals surface area contributed by atoms with Crippen molar-refractivity contribution in [3.8, 4) is 11.1 Å². The summed E-state index contributed by atoms with van der Waals surface area (Å²) < 4.78 is 0. The molecular formula is C14H13N3S. The Balaban J connectivity index is 2.18. The van der Waals surface area contributed by atoms with Crippen molar-refractivity contribution in [3.05, 3.63) is 41.7 Å². The minimum atomic E-state index is 0.643. The maximum absolute atomic E-state index is 4.39. The lowest BCUT2D eigenvalue weighted by molar-refractivity contribution is 1.09. The van der Waals surface area contributed by atoms with E-state index in [0.717, 1.165) is 28.0 Å². The van der Waals surface area contributed by atoms with Crippen molar-refractivity contribution in [1.82, 2.24) is 15.0 Å². The van der Waals surface area contributed by atoms with Gasteiger partial charge in [-0.2, -0.15) is 0 Å². The Morgan fingerprint density at radius 3 is 2.39 bits per heavy atom. The number of nitrogens with one attached hydrogen (secondary N) is 1. The largest absolute Gasteiger partial charge is 0.333 e. The minimum absolute atomic E-state index is 0.643. The van der Waals surface area contributed by atoms with Crippen LogP contribution in [0.25, 0.3) is 22.2 Å². The minimum Gasteiger partial charge on any atom is -0.333 e. The van der Waals surface area contributed by atoms with Gasteiger partial charge in [-0.05, 0) is 49.2 Å². The normalized spacial score (nSPS) is 11.1. The molecule has 3 aromatic rings. The molecule has 0 spiro atoms. The van der Waals surface area contributed by atoms with Gasteiger partial charge in [0.2, 0.25) is 0 Å². The van der Waals surface area contributed by atoms with Crippen LogP contribution in [0.1, 0.15) is 11.4 Å². The summed E-state index contributed by atoms with van der Waals surface area (Å²) in [7, 11) is 0. The van der Waals surface area contributed by atoms with E-state index in [2.05, 4.69) is 51.8 Å². The summed E-state index contributed by atoms with van der Waals surface area (Å²) in [4.78, 5) is 11.8. The second kappa shape index (κ2) is 4.14. The lowest BCUT2D eigenvalue weighted by Crippen LogP contribution is -1.88. The first-order chi connectivity index (χ1) is 8.61. The molecule has 0 atom stereocenters. The van der Waals surface area contributed by atoms with E-state index in [0.29, 0.717) is 5.16 Å². The topological polar surface area (TPSA) is 41.6 Å². The fourth-order valence-electron chi connectivity index (χ4n) is 2.17. The fraction of sp³-hybridized carbons (Fsp3) is 0.143. The average molecular weight is 255 g/mol. The fourth-order valence-corrected chi connectivity index (χ4v) is 2.40. The molecule has 2 heterocycles. The predicted octanol–water partition coefficient (Wildman–Crippen LogP) is 3.53. The smallest absolute Gasteiger partial charge is 0.163 e. The average Bonchev–Trinajstić information content (AvgIpc) is 2.66. The first-order valence-electron chi connectivity index (χ1n) is 5.76.